The van der Waals surface area contributed by atoms with Crippen LogP contribution in [0.25, 0.3) is 0 Å². The maximum atomic E-state index is 12.5. The van der Waals surface area contributed by atoms with Crippen LogP contribution in [0, 0.1) is 6.92 Å². The van der Waals surface area contributed by atoms with Gasteiger partial charge in [0.1, 0.15) is 5.56 Å². The van der Waals surface area contributed by atoms with Crippen LogP contribution >= 0.6 is 0 Å². The minimum atomic E-state index is -0.604. The highest BCUT2D eigenvalue weighted by atomic mass is 16.5. The molecule has 1 N–H and O–H groups in total. The molecule has 0 fully saturated rings. The van der Waals surface area contributed by atoms with Crippen LogP contribution < -0.4 is 10.9 Å². The van der Waals surface area contributed by atoms with Crippen LogP contribution in [-0.4, -0.2) is 30.6 Å². The molecule has 1 heterocycles. The molecule has 0 bridgehead atoms. The number of pyridine rings is 1. The van der Waals surface area contributed by atoms with Crippen LogP contribution in [0.5, 0.6) is 0 Å². The lowest BCUT2D eigenvalue weighted by molar-refractivity contribution is 0.0599. The molecule has 0 saturated heterocycles. The van der Waals surface area contributed by atoms with E-state index in [0.29, 0.717) is 0 Å². The fourth-order valence-corrected chi connectivity index (χ4v) is 2.29. The Morgan fingerprint density at radius 2 is 2.00 bits per heavy atom. The fourth-order valence-electron chi connectivity index (χ4n) is 2.29. The third-order valence-corrected chi connectivity index (χ3v) is 3.41. The fraction of sp³-hybridized carbons (Fsp3) is 0.235. The Bertz CT molecular complexity index is 808. The monoisotopic (exact) mass is 314 g/mol. The van der Waals surface area contributed by atoms with E-state index in [1.54, 1.807) is 0 Å². The topological polar surface area (TPSA) is 77.4 Å². The Morgan fingerprint density at radius 1 is 1.26 bits per heavy atom. The van der Waals surface area contributed by atoms with Crippen molar-refractivity contribution in [3.05, 3.63) is 69.1 Å². The van der Waals surface area contributed by atoms with Gasteiger partial charge >= 0.3 is 5.97 Å². The number of hydrogen-bond donors (Lipinski definition) is 1. The third kappa shape index (κ3) is 3.66. The van der Waals surface area contributed by atoms with E-state index in [4.69, 9.17) is 0 Å². The van der Waals surface area contributed by atoms with Crippen molar-refractivity contribution < 1.29 is 14.3 Å². The minimum absolute atomic E-state index is 0.0944. The molecule has 2 aromatic rings. The molecule has 6 nitrogen and oxygen atoms in total. The molecule has 0 aliphatic heterocycles. The number of ether oxygens (including phenoxy) is 1. The Morgan fingerprint density at radius 3 is 2.61 bits per heavy atom. The Kier molecular flexibility index (Phi) is 4.95. The lowest BCUT2D eigenvalue weighted by atomic mass is 10.1. The largest absolute Gasteiger partial charge is 0.465 e. The minimum Gasteiger partial charge on any atom is -0.465 e. The van der Waals surface area contributed by atoms with Crippen molar-refractivity contribution >= 4 is 11.9 Å². The van der Waals surface area contributed by atoms with Gasteiger partial charge in [0.05, 0.1) is 19.2 Å². The van der Waals surface area contributed by atoms with Crippen LogP contribution in [0.2, 0.25) is 0 Å². The van der Waals surface area contributed by atoms with E-state index in [2.05, 4.69) is 10.1 Å². The molecule has 0 aliphatic carbocycles. The van der Waals surface area contributed by atoms with Crippen molar-refractivity contribution in [1.29, 1.82) is 0 Å². The summed E-state index contributed by atoms with van der Waals surface area (Å²) in [5.41, 5.74) is 1.56. The lowest BCUT2D eigenvalue weighted by Crippen LogP contribution is -2.32. The predicted octanol–water partition coefficient (Wildman–Crippen LogP) is 1.35. The SMILES string of the molecule is CNC(=O)c1cc(C(=O)OC)cn(Cc2cccc(C)c2)c1=O. The number of rotatable bonds is 4. The number of nitrogens with one attached hydrogen (secondary N) is 1. The summed E-state index contributed by atoms with van der Waals surface area (Å²) < 4.78 is 6.02. The van der Waals surface area contributed by atoms with Gasteiger partial charge in [-0.05, 0) is 18.6 Å². The van der Waals surface area contributed by atoms with Crippen LogP contribution in [0.1, 0.15) is 31.8 Å². The first kappa shape index (κ1) is 16.5. The summed E-state index contributed by atoms with van der Waals surface area (Å²) in [5, 5.41) is 2.40. The zero-order valence-corrected chi connectivity index (χ0v) is 13.3. The number of esters is 1. The molecule has 1 amide bonds. The van der Waals surface area contributed by atoms with Gasteiger partial charge in [0, 0.05) is 13.2 Å². The molecule has 2 rings (SSSR count). The van der Waals surface area contributed by atoms with E-state index in [0.717, 1.165) is 11.1 Å². The van der Waals surface area contributed by atoms with E-state index >= 15 is 0 Å². The maximum Gasteiger partial charge on any atom is 0.339 e. The molecule has 1 aromatic heterocycles. The van der Waals surface area contributed by atoms with Crippen molar-refractivity contribution in [3.8, 4) is 0 Å². The van der Waals surface area contributed by atoms with Gasteiger partial charge in [0.2, 0.25) is 0 Å². The predicted molar refractivity (Wildman–Crippen MR) is 85.7 cm³/mol. The van der Waals surface area contributed by atoms with Crippen LogP contribution in [-0.2, 0) is 11.3 Å². The third-order valence-electron chi connectivity index (χ3n) is 3.41. The number of hydrogen-bond acceptors (Lipinski definition) is 4. The van der Waals surface area contributed by atoms with Gasteiger partial charge in [0.25, 0.3) is 11.5 Å². The summed E-state index contributed by atoms with van der Waals surface area (Å²) in [6.07, 6.45) is 1.41. The van der Waals surface area contributed by atoms with Crippen molar-refractivity contribution in [2.24, 2.45) is 0 Å². The number of carbonyl (C=O) groups is 2. The Hall–Kier alpha value is -2.89. The summed E-state index contributed by atoms with van der Waals surface area (Å²) in [6, 6.07) is 8.91. The Labute approximate surface area is 133 Å². The number of aryl methyl sites for hydroxylation is 1. The molecule has 0 saturated carbocycles. The summed E-state index contributed by atoms with van der Waals surface area (Å²) in [6.45, 7) is 2.21. The number of amides is 1. The van der Waals surface area contributed by atoms with Crippen LogP contribution in [0.4, 0.5) is 0 Å². The average molecular weight is 314 g/mol. The number of methoxy groups -OCH3 is 1. The molecule has 0 radical (unpaired) electrons. The van der Waals surface area contributed by atoms with E-state index in [-0.39, 0.29) is 17.7 Å². The highest BCUT2D eigenvalue weighted by molar-refractivity contribution is 5.97. The van der Waals surface area contributed by atoms with Gasteiger partial charge in [-0.2, -0.15) is 0 Å². The van der Waals surface area contributed by atoms with Gasteiger partial charge in [0.15, 0.2) is 0 Å². The number of nitrogens with zero attached hydrogens (tertiary/aromatic N) is 1. The van der Waals surface area contributed by atoms with E-state index in [9.17, 15) is 14.4 Å². The molecular weight excluding hydrogens is 296 g/mol. The highest BCUT2D eigenvalue weighted by Crippen LogP contribution is 2.08. The summed E-state index contributed by atoms with van der Waals surface area (Å²) in [7, 11) is 2.68. The summed E-state index contributed by atoms with van der Waals surface area (Å²) in [4.78, 5) is 36.1. The van der Waals surface area contributed by atoms with E-state index in [1.165, 1.54) is 31.0 Å². The first-order valence-electron chi connectivity index (χ1n) is 7.06. The van der Waals surface area contributed by atoms with E-state index < -0.39 is 17.4 Å². The second-order valence-electron chi connectivity index (χ2n) is 5.14. The van der Waals surface area contributed by atoms with Gasteiger partial charge in [-0.15, -0.1) is 0 Å². The second kappa shape index (κ2) is 6.91. The standard InChI is InChI=1S/C17H18N2O4/c1-11-5-4-6-12(7-11)9-19-10-13(17(22)23-3)8-14(16(19)21)15(20)18-2/h4-8,10H,9H2,1-3H3,(H,18,20). The van der Waals surface area contributed by atoms with Crippen molar-refractivity contribution in [3.63, 3.8) is 0 Å². The maximum absolute atomic E-state index is 12.5. The molecule has 0 aliphatic rings. The number of aromatic nitrogens is 1. The molecule has 1 aromatic carbocycles. The smallest absolute Gasteiger partial charge is 0.339 e. The summed E-state index contributed by atoms with van der Waals surface area (Å²) in [5.74, 6) is -1.15. The number of benzene rings is 1. The van der Waals surface area contributed by atoms with Gasteiger partial charge in [-0.1, -0.05) is 29.8 Å². The Balaban J connectivity index is 2.55. The molecule has 0 atom stereocenters. The van der Waals surface area contributed by atoms with Crippen molar-refractivity contribution in [2.45, 2.75) is 13.5 Å². The average Bonchev–Trinajstić information content (AvgIpc) is 2.55. The first-order chi connectivity index (χ1) is 11.0. The van der Waals surface area contributed by atoms with Crippen molar-refractivity contribution in [2.75, 3.05) is 14.2 Å². The van der Waals surface area contributed by atoms with Gasteiger partial charge in [-0.25, -0.2) is 4.79 Å². The van der Waals surface area contributed by atoms with Gasteiger partial charge in [-0.3, -0.25) is 9.59 Å². The number of carbonyl (C=O) groups excluding carboxylic acids is 2. The lowest BCUT2D eigenvalue weighted by Gasteiger charge is -2.11. The molecule has 0 spiro atoms. The molecule has 0 unspecified atom stereocenters. The first-order valence-corrected chi connectivity index (χ1v) is 7.06. The molecule has 6 heteroatoms. The zero-order chi connectivity index (χ0) is 17.0. The quantitative estimate of drug-likeness (QED) is 0.864. The van der Waals surface area contributed by atoms with Gasteiger partial charge < -0.3 is 14.6 Å². The second-order valence-corrected chi connectivity index (χ2v) is 5.14. The zero-order valence-electron chi connectivity index (χ0n) is 13.3. The normalized spacial score (nSPS) is 10.2. The molecular formula is C17H18N2O4. The van der Waals surface area contributed by atoms with Crippen LogP contribution in [0.15, 0.2) is 41.3 Å². The summed E-state index contributed by atoms with van der Waals surface area (Å²) >= 11 is 0. The molecule has 120 valence electrons. The van der Waals surface area contributed by atoms with E-state index in [1.807, 2.05) is 31.2 Å². The van der Waals surface area contributed by atoms with Crippen molar-refractivity contribution in [1.82, 2.24) is 9.88 Å². The highest BCUT2D eigenvalue weighted by Gasteiger charge is 2.17. The molecule has 23 heavy (non-hydrogen) atoms. The van der Waals surface area contributed by atoms with Crippen LogP contribution in [0.3, 0.4) is 0 Å².